The summed E-state index contributed by atoms with van der Waals surface area (Å²) in [4.78, 5) is 12.0. The summed E-state index contributed by atoms with van der Waals surface area (Å²) < 4.78 is 15.3. The van der Waals surface area contributed by atoms with Crippen LogP contribution in [0.2, 0.25) is 0 Å². The van der Waals surface area contributed by atoms with E-state index in [-0.39, 0.29) is 18.1 Å². The summed E-state index contributed by atoms with van der Waals surface area (Å²) >= 11 is 6.64. The highest BCUT2D eigenvalue weighted by molar-refractivity contribution is 9.10. The lowest BCUT2D eigenvalue weighted by Crippen LogP contribution is -2.16. The fraction of sp³-hybridized carbons (Fsp3) is 0.133. The van der Waals surface area contributed by atoms with Gasteiger partial charge in [0.05, 0.1) is 6.42 Å². The summed E-state index contributed by atoms with van der Waals surface area (Å²) in [5.41, 5.74) is 2.04. The molecule has 0 aliphatic rings. The lowest BCUT2D eigenvalue weighted by atomic mass is 10.1. The SMILES string of the molecule is Cc1cc(Br)ccc1NC(=O)Cc1cc(Br)ccc1F. The van der Waals surface area contributed by atoms with E-state index in [9.17, 15) is 9.18 Å². The zero-order valence-corrected chi connectivity index (χ0v) is 13.9. The number of halogens is 3. The Hall–Kier alpha value is -1.20. The van der Waals surface area contributed by atoms with Gasteiger partial charge in [-0.3, -0.25) is 4.79 Å². The van der Waals surface area contributed by atoms with E-state index in [1.54, 1.807) is 12.1 Å². The van der Waals surface area contributed by atoms with Gasteiger partial charge in [0.25, 0.3) is 0 Å². The number of anilines is 1. The van der Waals surface area contributed by atoms with Gasteiger partial charge in [-0.15, -0.1) is 0 Å². The predicted octanol–water partition coefficient (Wildman–Crippen LogP) is 4.84. The first kappa shape index (κ1) is 15.2. The first-order chi connectivity index (χ1) is 9.45. The normalized spacial score (nSPS) is 10.4. The molecule has 2 nitrogen and oxygen atoms in total. The molecule has 0 spiro atoms. The lowest BCUT2D eigenvalue weighted by Gasteiger charge is -2.09. The van der Waals surface area contributed by atoms with Crippen LogP contribution in [0.3, 0.4) is 0 Å². The Morgan fingerprint density at radius 1 is 1.15 bits per heavy atom. The average molecular weight is 401 g/mol. The van der Waals surface area contributed by atoms with Crippen LogP contribution in [0.4, 0.5) is 10.1 Å². The van der Waals surface area contributed by atoms with Crippen molar-refractivity contribution >= 4 is 43.5 Å². The molecule has 2 aromatic rings. The van der Waals surface area contributed by atoms with Crippen molar-refractivity contribution in [2.24, 2.45) is 0 Å². The summed E-state index contributed by atoms with van der Waals surface area (Å²) in [6.07, 6.45) is 0.000771. The molecular formula is C15H12Br2FNO. The first-order valence-electron chi connectivity index (χ1n) is 5.95. The van der Waals surface area contributed by atoms with E-state index in [0.717, 1.165) is 20.2 Å². The van der Waals surface area contributed by atoms with Gasteiger partial charge >= 0.3 is 0 Å². The second-order valence-electron chi connectivity index (χ2n) is 4.42. The van der Waals surface area contributed by atoms with Gasteiger partial charge < -0.3 is 5.32 Å². The zero-order chi connectivity index (χ0) is 14.7. The van der Waals surface area contributed by atoms with Crippen molar-refractivity contribution < 1.29 is 9.18 Å². The minimum atomic E-state index is -0.379. The molecule has 0 aliphatic carbocycles. The van der Waals surface area contributed by atoms with Gasteiger partial charge in [-0.05, 0) is 54.4 Å². The summed E-state index contributed by atoms with van der Waals surface area (Å²) in [5.74, 6) is -0.622. The highest BCUT2D eigenvalue weighted by Gasteiger charge is 2.10. The molecule has 0 radical (unpaired) electrons. The van der Waals surface area contributed by atoms with E-state index in [2.05, 4.69) is 37.2 Å². The lowest BCUT2D eigenvalue weighted by molar-refractivity contribution is -0.115. The molecule has 1 N–H and O–H groups in total. The van der Waals surface area contributed by atoms with Crippen LogP contribution in [0.1, 0.15) is 11.1 Å². The van der Waals surface area contributed by atoms with Crippen LogP contribution in [0, 0.1) is 12.7 Å². The van der Waals surface area contributed by atoms with Gasteiger partial charge in [0.2, 0.25) is 5.91 Å². The van der Waals surface area contributed by atoms with Crippen LogP contribution < -0.4 is 5.32 Å². The van der Waals surface area contributed by atoms with Crippen molar-refractivity contribution in [3.05, 3.63) is 62.3 Å². The van der Waals surface area contributed by atoms with E-state index >= 15 is 0 Å². The number of amides is 1. The summed E-state index contributed by atoms with van der Waals surface area (Å²) in [7, 11) is 0. The Kier molecular flexibility index (Phi) is 4.94. The maximum absolute atomic E-state index is 13.6. The quantitative estimate of drug-likeness (QED) is 0.784. The fourth-order valence-corrected chi connectivity index (χ4v) is 2.70. The standard InChI is InChI=1S/C15H12Br2FNO/c1-9-6-11(16)3-5-14(9)19-15(20)8-10-7-12(17)2-4-13(10)18/h2-7H,8H2,1H3,(H,19,20). The summed E-state index contributed by atoms with van der Waals surface area (Å²) in [6.45, 7) is 1.90. The predicted molar refractivity (Wildman–Crippen MR) is 85.3 cm³/mol. The molecule has 2 aromatic carbocycles. The number of nitrogens with one attached hydrogen (secondary N) is 1. The summed E-state index contributed by atoms with van der Waals surface area (Å²) in [6, 6.07) is 10.1. The zero-order valence-electron chi connectivity index (χ0n) is 10.7. The fourth-order valence-electron chi connectivity index (χ4n) is 1.81. The number of rotatable bonds is 3. The Labute approximate surface area is 133 Å². The van der Waals surface area contributed by atoms with Crippen LogP contribution in [-0.4, -0.2) is 5.91 Å². The van der Waals surface area contributed by atoms with Gasteiger partial charge in [0, 0.05) is 14.6 Å². The highest BCUT2D eigenvalue weighted by atomic mass is 79.9. The van der Waals surface area contributed by atoms with Gasteiger partial charge in [-0.2, -0.15) is 0 Å². The Balaban J connectivity index is 2.11. The van der Waals surface area contributed by atoms with Gasteiger partial charge in [0.1, 0.15) is 5.82 Å². The molecule has 1 amide bonds. The van der Waals surface area contributed by atoms with Crippen molar-refractivity contribution in [2.45, 2.75) is 13.3 Å². The molecule has 5 heteroatoms. The minimum absolute atomic E-state index is 0.000771. The number of aryl methyl sites for hydroxylation is 1. The van der Waals surface area contributed by atoms with Crippen molar-refractivity contribution in [2.75, 3.05) is 5.32 Å². The smallest absolute Gasteiger partial charge is 0.228 e. The third-order valence-corrected chi connectivity index (χ3v) is 3.81. The molecule has 2 rings (SSSR count). The first-order valence-corrected chi connectivity index (χ1v) is 7.54. The van der Waals surface area contributed by atoms with Crippen LogP contribution in [0.25, 0.3) is 0 Å². The third-order valence-electron chi connectivity index (χ3n) is 2.82. The van der Waals surface area contributed by atoms with Crippen LogP contribution in [0.5, 0.6) is 0 Å². The second-order valence-corrected chi connectivity index (χ2v) is 6.25. The Morgan fingerprint density at radius 2 is 1.80 bits per heavy atom. The maximum Gasteiger partial charge on any atom is 0.228 e. The third kappa shape index (κ3) is 3.90. The number of carbonyl (C=O) groups is 1. The molecule has 0 aliphatic heterocycles. The number of hydrogen-bond acceptors (Lipinski definition) is 1. The minimum Gasteiger partial charge on any atom is -0.326 e. The Morgan fingerprint density at radius 3 is 2.50 bits per heavy atom. The molecule has 0 aromatic heterocycles. The van der Waals surface area contributed by atoms with Crippen molar-refractivity contribution in [1.82, 2.24) is 0 Å². The molecule has 0 atom stereocenters. The van der Waals surface area contributed by atoms with Crippen LogP contribution in [0.15, 0.2) is 45.3 Å². The van der Waals surface area contributed by atoms with Gasteiger partial charge in [-0.1, -0.05) is 31.9 Å². The van der Waals surface area contributed by atoms with Crippen LogP contribution in [-0.2, 0) is 11.2 Å². The number of benzene rings is 2. The van der Waals surface area contributed by atoms with E-state index in [1.165, 1.54) is 6.07 Å². The molecule has 0 bridgehead atoms. The maximum atomic E-state index is 13.6. The molecule has 0 fully saturated rings. The van der Waals surface area contributed by atoms with Gasteiger partial charge in [0.15, 0.2) is 0 Å². The van der Waals surface area contributed by atoms with E-state index in [0.29, 0.717) is 5.56 Å². The van der Waals surface area contributed by atoms with Crippen LogP contribution >= 0.6 is 31.9 Å². The van der Waals surface area contributed by atoms with Crippen molar-refractivity contribution in [3.63, 3.8) is 0 Å². The molecule has 0 unspecified atom stereocenters. The molecule has 104 valence electrons. The topological polar surface area (TPSA) is 29.1 Å². The van der Waals surface area contributed by atoms with Gasteiger partial charge in [-0.25, -0.2) is 4.39 Å². The van der Waals surface area contributed by atoms with E-state index < -0.39 is 0 Å². The average Bonchev–Trinajstić information content (AvgIpc) is 2.37. The Bertz CT molecular complexity index is 658. The number of carbonyl (C=O) groups excluding carboxylic acids is 1. The second kappa shape index (κ2) is 6.50. The molecule has 0 heterocycles. The van der Waals surface area contributed by atoms with E-state index in [4.69, 9.17) is 0 Å². The summed E-state index contributed by atoms with van der Waals surface area (Å²) in [5, 5.41) is 2.79. The molecule has 0 saturated carbocycles. The molecule has 0 saturated heterocycles. The van der Waals surface area contributed by atoms with E-state index in [1.807, 2.05) is 25.1 Å². The highest BCUT2D eigenvalue weighted by Crippen LogP contribution is 2.21. The van der Waals surface area contributed by atoms with Crippen molar-refractivity contribution in [3.8, 4) is 0 Å². The monoisotopic (exact) mass is 399 g/mol. The largest absolute Gasteiger partial charge is 0.326 e. The number of hydrogen-bond donors (Lipinski definition) is 1. The molecular weight excluding hydrogens is 389 g/mol. The molecule has 20 heavy (non-hydrogen) atoms. The van der Waals surface area contributed by atoms with Crippen molar-refractivity contribution in [1.29, 1.82) is 0 Å².